The molecule has 3 heterocycles. The van der Waals surface area contributed by atoms with Gasteiger partial charge in [0.1, 0.15) is 0 Å². The standard InChI is InChI=1S/C16H21N3/c1-18-11-15-13(9-16(18)6-3-4-7-16)12-5-8-17-10-14(12)19(15)2/h5,8,10H,3-4,6-7,9,11H2,1-2H3. The summed E-state index contributed by atoms with van der Waals surface area (Å²) in [4.78, 5) is 6.90. The highest BCUT2D eigenvalue weighted by molar-refractivity contribution is 5.85. The zero-order chi connectivity index (χ0) is 13.0. The number of nitrogens with zero attached hydrogens (tertiary/aromatic N) is 3. The van der Waals surface area contributed by atoms with Crippen LogP contribution in [0.2, 0.25) is 0 Å². The maximum Gasteiger partial charge on any atom is 0.0669 e. The lowest BCUT2D eigenvalue weighted by Gasteiger charge is -2.43. The average Bonchev–Trinajstić information content (AvgIpc) is 2.99. The summed E-state index contributed by atoms with van der Waals surface area (Å²) in [6.07, 6.45) is 10.7. The predicted molar refractivity (Wildman–Crippen MR) is 77.1 cm³/mol. The summed E-state index contributed by atoms with van der Waals surface area (Å²) >= 11 is 0. The molecule has 0 unspecified atom stereocenters. The smallest absolute Gasteiger partial charge is 0.0669 e. The summed E-state index contributed by atoms with van der Waals surface area (Å²) in [5.74, 6) is 0. The van der Waals surface area contributed by atoms with Crippen LogP contribution in [0.3, 0.4) is 0 Å². The van der Waals surface area contributed by atoms with Crippen molar-refractivity contribution in [1.82, 2.24) is 14.5 Å². The number of aromatic nitrogens is 2. The largest absolute Gasteiger partial charge is 0.345 e. The molecule has 0 amide bonds. The average molecular weight is 255 g/mol. The van der Waals surface area contributed by atoms with Crippen molar-refractivity contribution in [3.63, 3.8) is 0 Å². The van der Waals surface area contributed by atoms with Crippen LogP contribution < -0.4 is 0 Å². The van der Waals surface area contributed by atoms with Crippen molar-refractivity contribution in [2.24, 2.45) is 7.05 Å². The molecule has 4 rings (SSSR count). The first-order valence-electron chi connectivity index (χ1n) is 7.33. The van der Waals surface area contributed by atoms with E-state index in [1.807, 2.05) is 12.4 Å². The molecule has 1 aliphatic carbocycles. The molecule has 1 fully saturated rings. The van der Waals surface area contributed by atoms with E-state index in [1.54, 1.807) is 5.56 Å². The normalized spacial score (nSPS) is 22.2. The zero-order valence-corrected chi connectivity index (χ0v) is 11.8. The lowest BCUT2D eigenvalue weighted by atomic mass is 9.83. The van der Waals surface area contributed by atoms with Crippen LogP contribution in [0.25, 0.3) is 10.9 Å². The molecule has 0 bridgehead atoms. The summed E-state index contributed by atoms with van der Waals surface area (Å²) < 4.78 is 2.34. The second kappa shape index (κ2) is 3.83. The zero-order valence-electron chi connectivity index (χ0n) is 11.8. The van der Waals surface area contributed by atoms with Crippen LogP contribution in [0.4, 0.5) is 0 Å². The minimum Gasteiger partial charge on any atom is -0.345 e. The highest BCUT2D eigenvalue weighted by atomic mass is 15.2. The minimum atomic E-state index is 0.435. The summed E-state index contributed by atoms with van der Waals surface area (Å²) in [7, 11) is 4.49. The van der Waals surface area contributed by atoms with Crippen LogP contribution in [0.15, 0.2) is 18.5 Å². The van der Waals surface area contributed by atoms with Crippen molar-refractivity contribution in [1.29, 1.82) is 0 Å². The Bertz CT molecular complexity index is 635. The van der Waals surface area contributed by atoms with Crippen molar-refractivity contribution in [2.75, 3.05) is 7.05 Å². The molecule has 1 aliphatic heterocycles. The van der Waals surface area contributed by atoms with Gasteiger partial charge in [-0.05, 0) is 37.9 Å². The number of rotatable bonds is 0. The van der Waals surface area contributed by atoms with E-state index in [9.17, 15) is 0 Å². The second-order valence-corrected chi connectivity index (χ2v) is 6.34. The molecule has 19 heavy (non-hydrogen) atoms. The fourth-order valence-corrected chi connectivity index (χ4v) is 4.26. The Balaban J connectivity index is 1.92. The third kappa shape index (κ3) is 1.45. The van der Waals surface area contributed by atoms with Crippen LogP contribution in [0.1, 0.15) is 36.9 Å². The van der Waals surface area contributed by atoms with Gasteiger partial charge in [0.15, 0.2) is 0 Å². The first-order valence-corrected chi connectivity index (χ1v) is 7.33. The molecule has 3 heteroatoms. The van der Waals surface area contributed by atoms with Gasteiger partial charge in [-0.3, -0.25) is 9.88 Å². The van der Waals surface area contributed by atoms with Gasteiger partial charge in [0.25, 0.3) is 0 Å². The number of likely N-dealkylation sites (N-methyl/N-ethyl adjacent to an activating group) is 1. The lowest BCUT2D eigenvalue weighted by Crippen LogP contribution is -2.48. The topological polar surface area (TPSA) is 21.1 Å². The first-order chi connectivity index (χ1) is 9.21. The molecule has 0 aromatic carbocycles. The molecule has 2 aliphatic rings. The molecule has 3 nitrogen and oxygen atoms in total. The number of hydrogen-bond donors (Lipinski definition) is 0. The van der Waals surface area contributed by atoms with Gasteiger partial charge in [-0.2, -0.15) is 0 Å². The Labute approximate surface area is 114 Å². The highest BCUT2D eigenvalue weighted by Crippen LogP contribution is 2.44. The Morgan fingerprint density at radius 2 is 2.00 bits per heavy atom. The summed E-state index contributed by atoms with van der Waals surface area (Å²) in [6, 6.07) is 2.20. The summed E-state index contributed by atoms with van der Waals surface area (Å²) in [5, 5.41) is 1.42. The molecule has 0 atom stereocenters. The maximum absolute atomic E-state index is 4.29. The molecular formula is C16H21N3. The Hall–Kier alpha value is -1.35. The van der Waals surface area contributed by atoms with Gasteiger partial charge in [0.2, 0.25) is 0 Å². The van der Waals surface area contributed by atoms with E-state index in [2.05, 4.69) is 34.6 Å². The fourth-order valence-electron chi connectivity index (χ4n) is 4.26. The Morgan fingerprint density at radius 1 is 1.21 bits per heavy atom. The van der Waals surface area contributed by atoms with Crippen LogP contribution in [0.5, 0.6) is 0 Å². The van der Waals surface area contributed by atoms with Crippen molar-refractivity contribution in [3.05, 3.63) is 29.7 Å². The molecule has 100 valence electrons. The van der Waals surface area contributed by atoms with E-state index in [-0.39, 0.29) is 0 Å². The highest BCUT2D eigenvalue weighted by Gasteiger charge is 2.42. The number of pyridine rings is 1. The van der Waals surface area contributed by atoms with Crippen molar-refractivity contribution < 1.29 is 0 Å². The predicted octanol–water partition coefficient (Wildman–Crippen LogP) is 2.87. The van der Waals surface area contributed by atoms with Crippen molar-refractivity contribution >= 4 is 10.9 Å². The van der Waals surface area contributed by atoms with Gasteiger partial charge in [-0.25, -0.2) is 0 Å². The van der Waals surface area contributed by atoms with Crippen LogP contribution in [0, 0.1) is 0 Å². The van der Waals surface area contributed by atoms with Gasteiger partial charge in [-0.1, -0.05) is 12.8 Å². The number of hydrogen-bond acceptors (Lipinski definition) is 2. The SMILES string of the molecule is CN1Cc2c(c3ccncc3n2C)CC12CCCC2. The van der Waals surface area contributed by atoms with Crippen molar-refractivity contribution in [3.8, 4) is 0 Å². The maximum atomic E-state index is 4.29. The van der Waals surface area contributed by atoms with E-state index in [1.165, 1.54) is 48.7 Å². The van der Waals surface area contributed by atoms with E-state index >= 15 is 0 Å². The van der Waals surface area contributed by atoms with Gasteiger partial charge in [0.05, 0.1) is 11.7 Å². The van der Waals surface area contributed by atoms with Crippen LogP contribution in [-0.4, -0.2) is 27.0 Å². The van der Waals surface area contributed by atoms with Gasteiger partial charge < -0.3 is 4.57 Å². The molecule has 2 aromatic heterocycles. The molecule has 1 saturated carbocycles. The molecular weight excluding hydrogens is 234 g/mol. The van der Waals surface area contributed by atoms with E-state index < -0.39 is 0 Å². The van der Waals surface area contributed by atoms with E-state index in [0.717, 1.165) is 6.54 Å². The lowest BCUT2D eigenvalue weighted by molar-refractivity contribution is 0.0996. The molecule has 2 aromatic rings. The Kier molecular flexibility index (Phi) is 2.31. The molecule has 0 N–H and O–H groups in total. The minimum absolute atomic E-state index is 0.435. The van der Waals surface area contributed by atoms with Gasteiger partial charge >= 0.3 is 0 Å². The third-order valence-electron chi connectivity index (χ3n) is 5.48. The monoisotopic (exact) mass is 255 g/mol. The van der Waals surface area contributed by atoms with Crippen LogP contribution in [-0.2, 0) is 20.0 Å². The number of fused-ring (bicyclic) bond motifs is 3. The van der Waals surface area contributed by atoms with Gasteiger partial charge in [0, 0.05) is 36.4 Å². The first kappa shape index (κ1) is 11.5. The number of aryl methyl sites for hydroxylation is 1. The van der Waals surface area contributed by atoms with Crippen LogP contribution >= 0.6 is 0 Å². The fraction of sp³-hybridized carbons (Fsp3) is 0.562. The molecule has 1 spiro atoms. The Morgan fingerprint density at radius 3 is 2.79 bits per heavy atom. The van der Waals surface area contributed by atoms with E-state index in [0.29, 0.717) is 5.54 Å². The second-order valence-electron chi connectivity index (χ2n) is 6.34. The molecule has 0 saturated heterocycles. The van der Waals surface area contributed by atoms with E-state index in [4.69, 9.17) is 0 Å². The molecule has 0 radical (unpaired) electrons. The summed E-state index contributed by atoms with van der Waals surface area (Å²) in [6.45, 7) is 1.08. The quantitative estimate of drug-likeness (QED) is 0.722. The third-order valence-corrected chi connectivity index (χ3v) is 5.48. The van der Waals surface area contributed by atoms with Gasteiger partial charge in [-0.15, -0.1) is 0 Å². The van der Waals surface area contributed by atoms with Crippen molar-refractivity contribution in [2.45, 2.75) is 44.2 Å². The summed E-state index contributed by atoms with van der Waals surface area (Å²) in [5.41, 5.74) is 4.80.